The number of sulfonamides is 1. The molecule has 0 bridgehead atoms. The third-order valence-corrected chi connectivity index (χ3v) is 9.23. The molecule has 1 amide bonds. The SMILES string of the molecule is COCCN(CCOC)S(=O)(=O)c1ccc(C(=O)N2CCN(c3nc4ccc([N+](=O)[O-])cc4s3)CC2)cc1. The fourth-order valence-electron chi connectivity index (χ4n) is 4.09. The van der Waals surface area contributed by atoms with E-state index in [-0.39, 0.29) is 42.8 Å². The number of thiazole rings is 1. The molecule has 0 unspecified atom stereocenters. The number of piperazine rings is 1. The van der Waals surface area contributed by atoms with E-state index >= 15 is 0 Å². The van der Waals surface area contributed by atoms with Crippen molar-refractivity contribution in [2.75, 3.05) is 71.6 Å². The Morgan fingerprint density at radius 3 is 2.26 bits per heavy atom. The third-order valence-electron chi connectivity index (χ3n) is 6.24. The molecule has 0 aliphatic carbocycles. The minimum absolute atomic E-state index is 0.0274. The molecular formula is C24H29N5O7S2. The zero-order valence-corrected chi connectivity index (χ0v) is 22.7. The second-order valence-corrected chi connectivity index (χ2v) is 11.5. The van der Waals surface area contributed by atoms with E-state index < -0.39 is 14.9 Å². The van der Waals surface area contributed by atoms with Crippen molar-refractivity contribution in [2.24, 2.45) is 0 Å². The molecule has 1 fully saturated rings. The summed E-state index contributed by atoms with van der Waals surface area (Å²) in [6.07, 6.45) is 0. The lowest BCUT2D eigenvalue weighted by Gasteiger charge is -2.34. The van der Waals surface area contributed by atoms with E-state index in [0.29, 0.717) is 37.3 Å². The molecule has 1 aliphatic heterocycles. The second-order valence-electron chi connectivity index (χ2n) is 8.60. The lowest BCUT2D eigenvalue weighted by Crippen LogP contribution is -2.48. The van der Waals surface area contributed by atoms with Crippen molar-refractivity contribution in [3.8, 4) is 0 Å². The van der Waals surface area contributed by atoms with Crippen molar-refractivity contribution >= 4 is 48.3 Å². The summed E-state index contributed by atoms with van der Waals surface area (Å²) in [4.78, 5) is 32.2. The molecule has 0 saturated carbocycles. The zero-order valence-electron chi connectivity index (χ0n) is 21.1. The van der Waals surface area contributed by atoms with Crippen molar-refractivity contribution in [1.29, 1.82) is 0 Å². The second kappa shape index (κ2) is 12.1. The first kappa shape index (κ1) is 27.9. The minimum atomic E-state index is -3.77. The van der Waals surface area contributed by atoms with E-state index in [1.165, 1.54) is 66.3 Å². The number of fused-ring (bicyclic) bond motifs is 1. The van der Waals surface area contributed by atoms with Crippen LogP contribution in [0.4, 0.5) is 10.8 Å². The Kier molecular flexibility index (Phi) is 8.89. The monoisotopic (exact) mass is 563 g/mol. The van der Waals surface area contributed by atoms with Crippen LogP contribution >= 0.6 is 11.3 Å². The minimum Gasteiger partial charge on any atom is -0.383 e. The maximum atomic E-state index is 13.1. The fourth-order valence-corrected chi connectivity index (χ4v) is 6.55. The third kappa shape index (κ3) is 6.10. The number of carbonyl (C=O) groups is 1. The number of hydrogen-bond donors (Lipinski definition) is 0. The number of ether oxygens (including phenoxy) is 2. The van der Waals surface area contributed by atoms with E-state index in [1.807, 2.05) is 0 Å². The summed E-state index contributed by atoms with van der Waals surface area (Å²) in [7, 11) is -0.754. The summed E-state index contributed by atoms with van der Waals surface area (Å²) in [6.45, 7) is 2.96. The molecule has 204 valence electrons. The van der Waals surface area contributed by atoms with Gasteiger partial charge in [-0.3, -0.25) is 14.9 Å². The van der Waals surface area contributed by atoms with Gasteiger partial charge < -0.3 is 19.3 Å². The molecule has 2 heterocycles. The summed E-state index contributed by atoms with van der Waals surface area (Å²) in [5, 5.41) is 11.8. The predicted octanol–water partition coefficient (Wildman–Crippen LogP) is 2.45. The zero-order chi connectivity index (χ0) is 27.3. The number of non-ortho nitro benzene ring substituents is 1. The molecule has 0 atom stereocenters. The summed E-state index contributed by atoms with van der Waals surface area (Å²) in [5.41, 5.74) is 1.14. The van der Waals surface area contributed by atoms with Gasteiger partial charge in [0, 0.05) is 71.2 Å². The molecule has 0 spiro atoms. The first-order chi connectivity index (χ1) is 18.2. The smallest absolute Gasteiger partial charge is 0.270 e. The number of rotatable bonds is 11. The number of nitrogens with zero attached hydrogens (tertiary/aromatic N) is 5. The van der Waals surface area contributed by atoms with E-state index in [9.17, 15) is 23.3 Å². The van der Waals surface area contributed by atoms with Crippen LogP contribution in [0.5, 0.6) is 0 Å². The van der Waals surface area contributed by atoms with Gasteiger partial charge in [0.25, 0.3) is 11.6 Å². The molecule has 3 aromatic rings. The number of nitro groups is 1. The summed E-state index contributed by atoms with van der Waals surface area (Å²) >= 11 is 1.39. The van der Waals surface area contributed by atoms with Gasteiger partial charge in [0.2, 0.25) is 10.0 Å². The van der Waals surface area contributed by atoms with Gasteiger partial charge in [-0.15, -0.1) is 0 Å². The Morgan fingerprint density at radius 1 is 1.05 bits per heavy atom. The van der Waals surface area contributed by atoms with Crippen molar-refractivity contribution in [1.82, 2.24) is 14.2 Å². The quantitative estimate of drug-likeness (QED) is 0.255. The van der Waals surface area contributed by atoms with Crippen LogP contribution in [-0.2, 0) is 19.5 Å². The number of nitro benzene ring substituents is 1. The van der Waals surface area contributed by atoms with Crippen LogP contribution in [-0.4, -0.2) is 100 Å². The van der Waals surface area contributed by atoms with E-state index in [1.54, 1.807) is 11.0 Å². The molecular weight excluding hydrogens is 534 g/mol. The number of benzene rings is 2. The largest absolute Gasteiger partial charge is 0.383 e. The number of aromatic nitrogens is 1. The maximum Gasteiger partial charge on any atom is 0.270 e. The number of methoxy groups -OCH3 is 2. The van der Waals surface area contributed by atoms with Gasteiger partial charge in [0.1, 0.15) is 0 Å². The topological polar surface area (TPSA) is 135 Å². The van der Waals surface area contributed by atoms with Crippen LogP contribution in [0.2, 0.25) is 0 Å². The number of hydrogen-bond acceptors (Lipinski definition) is 10. The molecule has 1 aromatic heterocycles. The van der Waals surface area contributed by atoms with E-state index in [0.717, 1.165) is 9.83 Å². The lowest BCUT2D eigenvalue weighted by atomic mass is 10.2. The lowest BCUT2D eigenvalue weighted by molar-refractivity contribution is -0.384. The molecule has 1 saturated heterocycles. The van der Waals surface area contributed by atoms with Crippen molar-refractivity contribution in [3.63, 3.8) is 0 Å². The van der Waals surface area contributed by atoms with Crippen LogP contribution in [0.15, 0.2) is 47.4 Å². The van der Waals surface area contributed by atoms with Gasteiger partial charge in [-0.1, -0.05) is 11.3 Å². The normalized spacial score (nSPS) is 14.4. The molecule has 12 nitrogen and oxygen atoms in total. The number of anilines is 1. The molecule has 0 radical (unpaired) electrons. The van der Waals surface area contributed by atoms with Crippen LogP contribution in [0.3, 0.4) is 0 Å². The number of amides is 1. The Labute approximate surface area is 224 Å². The van der Waals surface area contributed by atoms with Crippen LogP contribution in [0, 0.1) is 10.1 Å². The first-order valence-electron chi connectivity index (χ1n) is 11.9. The summed E-state index contributed by atoms with van der Waals surface area (Å²) < 4.78 is 38.3. The van der Waals surface area contributed by atoms with Crippen LogP contribution in [0.25, 0.3) is 10.2 Å². The molecule has 38 heavy (non-hydrogen) atoms. The van der Waals surface area contributed by atoms with E-state index in [4.69, 9.17) is 9.47 Å². The van der Waals surface area contributed by atoms with Gasteiger partial charge in [0.15, 0.2) is 5.13 Å². The Hall–Kier alpha value is -3.17. The average Bonchev–Trinajstić information content (AvgIpc) is 3.36. The van der Waals surface area contributed by atoms with Gasteiger partial charge >= 0.3 is 0 Å². The highest BCUT2D eigenvalue weighted by atomic mass is 32.2. The number of carbonyl (C=O) groups excluding carboxylic acids is 1. The molecule has 4 rings (SSSR count). The van der Waals surface area contributed by atoms with Gasteiger partial charge in [-0.05, 0) is 30.3 Å². The van der Waals surface area contributed by atoms with Crippen molar-refractivity contribution < 1.29 is 27.6 Å². The van der Waals surface area contributed by atoms with Crippen molar-refractivity contribution in [3.05, 3.63) is 58.1 Å². The summed E-state index contributed by atoms with van der Waals surface area (Å²) in [5.74, 6) is -0.177. The highest BCUT2D eigenvalue weighted by Gasteiger charge is 2.27. The molecule has 1 aliphatic rings. The molecule has 0 N–H and O–H groups in total. The maximum absolute atomic E-state index is 13.1. The highest BCUT2D eigenvalue weighted by molar-refractivity contribution is 7.89. The Bertz CT molecular complexity index is 1380. The molecule has 14 heteroatoms. The first-order valence-corrected chi connectivity index (χ1v) is 14.2. The van der Waals surface area contributed by atoms with Crippen LogP contribution in [0.1, 0.15) is 10.4 Å². The fraction of sp³-hybridized carbons (Fsp3) is 0.417. The van der Waals surface area contributed by atoms with Crippen molar-refractivity contribution in [2.45, 2.75) is 4.90 Å². The van der Waals surface area contributed by atoms with E-state index in [2.05, 4.69) is 9.88 Å². The van der Waals surface area contributed by atoms with Gasteiger partial charge in [-0.25, -0.2) is 13.4 Å². The Morgan fingerprint density at radius 2 is 1.68 bits per heavy atom. The predicted molar refractivity (Wildman–Crippen MR) is 143 cm³/mol. The average molecular weight is 564 g/mol. The van der Waals surface area contributed by atoms with Gasteiger partial charge in [0.05, 0.1) is 33.2 Å². The highest BCUT2D eigenvalue weighted by Crippen LogP contribution is 2.32. The standard InChI is InChI=1S/C24H29N5O7S2/c1-35-15-13-28(14-16-36-2)38(33,34)20-6-3-18(4-7-20)23(30)26-9-11-27(12-10-26)24-25-21-8-5-19(29(31)32)17-22(21)37-24/h3-8,17H,9-16H2,1-2H3. The summed E-state index contributed by atoms with van der Waals surface area (Å²) in [6, 6.07) is 10.6. The molecule has 2 aromatic carbocycles. The van der Waals surface area contributed by atoms with Crippen LogP contribution < -0.4 is 4.90 Å². The van der Waals surface area contributed by atoms with Gasteiger partial charge in [-0.2, -0.15) is 4.31 Å². The Balaban J connectivity index is 1.40.